The number of aliphatic hydroxyl groups excluding tert-OH is 1. The van der Waals surface area contributed by atoms with Crippen molar-refractivity contribution in [3.63, 3.8) is 0 Å². The molecular weight excluding hydrogens is 273 g/mol. The fourth-order valence-electron chi connectivity index (χ4n) is 2.03. The van der Waals surface area contributed by atoms with Crippen molar-refractivity contribution in [1.82, 2.24) is 4.31 Å². The van der Waals surface area contributed by atoms with E-state index in [1.165, 1.54) is 12.1 Å². The third kappa shape index (κ3) is 2.79. The number of halogens is 1. The number of morpholine rings is 1. The predicted octanol–water partition coefficient (Wildman–Crippen LogP) is 0.516. The average Bonchev–Trinajstić information content (AvgIpc) is 2.41. The Kier molecular flexibility index (Phi) is 4.19. The van der Waals surface area contributed by atoms with Crippen LogP contribution in [-0.4, -0.2) is 50.2 Å². The Balaban J connectivity index is 2.43. The number of aryl methyl sites for hydroxylation is 1. The summed E-state index contributed by atoms with van der Waals surface area (Å²) in [6, 6.07) is 3.28. The minimum Gasteiger partial charge on any atom is -0.395 e. The topological polar surface area (TPSA) is 66.8 Å². The lowest BCUT2D eigenvalue weighted by Crippen LogP contribution is -2.50. The summed E-state index contributed by atoms with van der Waals surface area (Å²) < 4.78 is 44.9. The fourth-order valence-corrected chi connectivity index (χ4v) is 3.77. The number of sulfonamides is 1. The second-order valence-corrected chi connectivity index (χ2v) is 6.32. The zero-order chi connectivity index (χ0) is 14.0. The van der Waals surface area contributed by atoms with Crippen LogP contribution in [0.3, 0.4) is 0 Å². The molecule has 0 radical (unpaired) electrons. The smallest absolute Gasteiger partial charge is 0.246 e. The van der Waals surface area contributed by atoms with E-state index in [2.05, 4.69) is 0 Å². The van der Waals surface area contributed by atoms with Gasteiger partial charge in [-0.1, -0.05) is 6.07 Å². The monoisotopic (exact) mass is 289 g/mol. The highest BCUT2D eigenvalue weighted by Gasteiger charge is 2.35. The van der Waals surface area contributed by atoms with E-state index >= 15 is 0 Å². The minimum absolute atomic E-state index is 0.112. The van der Waals surface area contributed by atoms with Crippen LogP contribution in [0, 0.1) is 12.7 Å². The first kappa shape index (κ1) is 14.4. The van der Waals surface area contributed by atoms with Crippen LogP contribution in [0.2, 0.25) is 0 Å². The van der Waals surface area contributed by atoms with Gasteiger partial charge in [-0.2, -0.15) is 4.31 Å². The SMILES string of the molecule is Cc1ccc(F)c(S(=O)(=O)N2CCOCC2CO)c1. The molecular formula is C12H16FNO4S. The maximum absolute atomic E-state index is 13.8. The van der Waals surface area contributed by atoms with Gasteiger partial charge in [0.25, 0.3) is 0 Å². The number of aliphatic hydroxyl groups is 1. The first-order chi connectivity index (χ1) is 8.96. The average molecular weight is 289 g/mol. The fraction of sp³-hybridized carbons (Fsp3) is 0.500. The van der Waals surface area contributed by atoms with Crippen LogP contribution in [0.5, 0.6) is 0 Å². The second kappa shape index (κ2) is 5.54. The second-order valence-electron chi connectivity index (χ2n) is 4.46. The maximum Gasteiger partial charge on any atom is 0.246 e. The first-order valence-electron chi connectivity index (χ1n) is 5.93. The van der Waals surface area contributed by atoms with Crippen molar-refractivity contribution in [1.29, 1.82) is 0 Å². The van der Waals surface area contributed by atoms with Crippen LogP contribution >= 0.6 is 0 Å². The van der Waals surface area contributed by atoms with E-state index < -0.39 is 21.9 Å². The molecule has 1 aromatic rings. The summed E-state index contributed by atoms with van der Waals surface area (Å²) in [7, 11) is -3.96. The highest BCUT2D eigenvalue weighted by atomic mass is 32.2. The van der Waals surface area contributed by atoms with Crippen molar-refractivity contribution in [2.75, 3.05) is 26.4 Å². The molecule has 1 heterocycles. The summed E-state index contributed by atoms with van der Waals surface area (Å²) in [5.74, 6) is -0.784. The van der Waals surface area contributed by atoms with Gasteiger partial charge < -0.3 is 9.84 Å². The molecule has 0 aliphatic carbocycles. The zero-order valence-corrected chi connectivity index (χ0v) is 11.4. The first-order valence-corrected chi connectivity index (χ1v) is 7.37. The largest absolute Gasteiger partial charge is 0.395 e. The van der Waals surface area contributed by atoms with Gasteiger partial charge in [0, 0.05) is 6.54 Å². The van der Waals surface area contributed by atoms with Gasteiger partial charge in [-0.3, -0.25) is 0 Å². The number of ether oxygens (including phenoxy) is 1. The molecule has 0 saturated carbocycles. The Labute approximate surface area is 111 Å². The van der Waals surface area contributed by atoms with E-state index in [1.807, 2.05) is 0 Å². The normalized spacial score (nSPS) is 21.5. The Hall–Kier alpha value is -1.02. The summed E-state index contributed by atoms with van der Waals surface area (Å²) in [4.78, 5) is -0.354. The van der Waals surface area contributed by atoms with Crippen LogP contribution < -0.4 is 0 Å². The lowest BCUT2D eigenvalue weighted by molar-refractivity contribution is 0.0108. The van der Waals surface area contributed by atoms with Gasteiger partial charge in [-0.15, -0.1) is 0 Å². The summed E-state index contributed by atoms with van der Waals surface area (Å²) >= 11 is 0. The molecule has 0 amide bonds. The molecule has 19 heavy (non-hydrogen) atoms. The van der Waals surface area contributed by atoms with Gasteiger partial charge in [0.2, 0.25) is 10.0 Å². The lowest BCUT2D eigenvalue weighted by atomic mass is 10.2. The Morgan fingerprint density at radius 2 is 2.26 bits per heavy atom. The summed E-state index contributed by atoms with van der Waals surface area (Å²) in [6.07, 6.45) is 0. The van der Waals surface area contributed by atoms with Gasteiger partial charge in [0.1, 0.15) is 10.7 Å². The molecule has 1 aromatic carbocycles. The Bertz CT molecular complexity index is 561. The molecule has 1 aliphatic rings. The molecule has 1 fully saturated rings. The standard InChI is InChI=1S/C12H16FNO4S/c1-9-2-3-11(13)12(6-9)19(16,17)14-4-5-18-8-10(14)7-15/h2-3,6,10,15H,4-5,7-8H2,1H3. The Morgan fingerprint density at radius 3 is 2.95 bits per heavy atom. The van der Waals surface area contributed by atoms with Gasteiger partial charge in [0.05, 0.1) is 25.9 Å². The number of hydrogen-bond acceptors (Lipinski definition) is 4. The lowest BCUT2D eigenvalue weighted by Gasteiger charge is -2.33. The van der Waals surface area contributed by atoms with E-state index in [0.717, 1.165) is 10.4 Å². The zero-order valence-electron chi connectivity index (χ0n) is 10.5. The van der Waals surface area contributed by atoms with Crippen molar-refractivity contribution in [2.45, 2.75) is 17.9 Å². The minimum atomic E-state index is -3.96. The highest BCUT2D eigenvalue weighted by molar-refractivity contribution is 7.89. The van der Waals surface area contributed by atoms with Crippen LogP contribution in [0.1, 0.15) is 5.56 Å². The summed E-state index contributed by atoms with van der Waals surface area (Å²) in [5.41, 5.74) is 0.661. The van der Waals surface area contributed by atoms with E-state index in [4.69, 9.17) is 4.74 Å². The third-order valence-electron chi connectivity index (χ3n) is 3.06. The molecule has 5 nitrogen and oxygen atoms in total. The molecule has 2 rings (SSSR count). The van der Waals surface area contributed by atoms with Crippen molar-refractivity contribution >= 4 is 10.0 Å². The van der Waals surface area contributed by atoms with Crippen LogP contribution in [0.25, 0.3) is 0 Å². The third-order valence-corrected chi connectivity index (χ3v) is 5.02. The van der Waals surface area contributed by atoms with Gasteiger partial charge in [-0.05, 0) is 24.6 Å². The Morgan fingerprint density at radius 1 is 1.53 bits per heavy atom. The molecule has 1 saturated heterocycles. The number of benzene rings is 1. The maximum atomic E-state index is 13.8. The quantitative estimate of drug-likeness (QED) is 0.881. The van der Waals surface area contributed by atoms with E-state index in [-0.39, 0.29) is 31.3 Å². The molecule has 1 aliphatic heterocycles. The van der Waals surface area contributed by atoms with Crippen LogP contribution in [0.4, 0.5) is 4.39 Å². The van der Waals surface area contributed by atoms with E-state index in [0.29, 0.717) is 5.56 Å². The molecule has 0 bridgehead atoms. The molecule has 1 N–H and O–H groups in total. The van der Waals surface area contributed by atoms with Gasteiger partial charge in [-0.25, -0.2) is 12.8 Å². The van der Waals surface area contributed by atoms with Crippen molar-refractivity contribution in [3.8, 4) is 0 Å². The van der Waals surface area contributed by atoms with E-state index in [9.17, 15) is 17.9 Å². The van der Waals surface area contributed by atoms with Crippen molar-refractivity contribution in [2.24, 2.45) is 0 Å². The van der Waals surface area contributed by atoms with E-state index in [1.54, 1.807) is 6.92 Å². The van der Waals surface area contributed by atoms with Crippen LogP contribution in [-0.2, 0) is 14.8 Å². The summed E-state index contributed by atoms with van der Waals surface area (Å²) in [5, 5.41) is 9.22. The molecule has 0 aromatic heterocycles. The molecule has 1 unspecified atom stereocenters. The number of rotatable bonds is 3. The molecule has 106 valence electrons. The van der Waals surface area contributed by atoms with Gasteiger partial charge in [0.15, 0.2) is 0 Å². The number of nitrogens with zero attached hydrogens (tertiary/aromatic N) is 1. The van der Waals surface area contributed by atoms with Crippen molar-refractivity contribution < 1.29 is 22.7 Å². The molecule has 7 heteroatoms. The molecule has 0 spiro atoms. The molecule has 1 atom stereocenters. The summed E-state index contributed by atoms with van der Waals surface area (Å²) in [6.45, 7) is 1.81. The van der Waals surface area contributed by atoms with Crippen molar-refractivity contribution in [3.05, 3.63) is 29.6 Å². The highest BCUT2D eigenvalue weighted by Crippen LogP contribution is 2.23. The number of hydrogen-bond donors (Lipinski definition) is 1. The van der Waals surface area contributed by atoms with Gasteiger partial charge >= 0.3 is 0 Å². The van der Waals surface area contributed by atoms with Crippen LogP contribution in [0.15, 0.2) is 23.1 Å². The predicted molar refractivity (Wildman–Crippen MR) is 66.7 cm³/mol.